The fraction of sp³-hybridized carbons (Fsp3) is 0.286. The summed E-state index contributed by atoms with van der Waals surface area (Å²) in [5.41, 5.74) is -0.389. The van der Waals surface area contributed by atoms with Gasteiger partial charge in [0.2, 0.25) is 0 Å². The molecule has 116 valence electrons. The second kappa shape index (κ2) is 6.89. The van der Waals surface area contributed by atoms with Crippen molar-refractivity contribution in [2.24, 2.45) is 0 Å². The molecule has 0 unspecified atom stereocenters. The van der Waals surface area contributed by atoms with Gasteiger partial charge in [-0.1, -0.05) is 49.5 Å². The summed E-state index contributed by atoms with van der Waals surface area (Å²) in [6.45, 7) is 2.55. The van der Waals surface area contributed by atoms with E-state index < -0.39 is 16.4 Å². The lowest BCUT2D eigenvalue weighted by Crippen LogP contribution is -2.28. The van der Waals surface area contributed by atoms with Gasteiger partial charge in [0.05, 0.1) is 9.83 Å². The first-order valence-electron chi connectivity index (χ1n) is 6.65. The lowest BCUT2D eigenvalue weighted by Gasteiger charge is -2.13. The zero-order valence-electron chi connectivity index (χ0n) is 11.8. The molecule has 1 aromatic rings. The zero-order chi connectivity index (χ0) is 16.3. The van der Waals surface area contributed by atoms with E-state index >= 15 is 0 Å². The first-order valence-corrected chi connectivity index (χ1v) is 7.88. The van der Waals surface area contributed by atoms with Crippen LogP contribution in [-0.4, -0.2) is 26.6 Å². The number of thioether (sulfide) groups is 1. The average molecular weight is 337 g/mol. The first kappa shape index (κ1) is 16.4. The van der Waals surface area contributed by atoms with E-state index in [1.807, 2.05) is 6.92 Å². The van der Waals surface area contributed by atoms with Gasteiger partial charge in [0, 0.05) is 12.6 Å². The Labute approximate surface area is 137 Å². The van der Waals surface area contributed by atoms with Crippen molar-refractivity contribution in [2.75, 3.05) is 6.54 Å². The number of nitro benzene ring substituents is 1. The molecular weight excluding hydrogens is 324 g/mol. The van der Waals surface area contributed by atoms with E-state index in [4.69, 9.17) is 12.2 Å². The largest absolute Gasteiger partial charge is 0.867 e. The Kier molecular flexibility index (Phi) is 5.15. The van der Waals surface area contributed by atoms with Gasteiger partial charge in [0.1, 0.15) is 4.32 Å². The molecule has 1 aliphatic heterocycles. The van der Waals surface area contributed by atoms with Gasteiger partial charge in [-0.25, -0.2) is 0 Å². The Bertz CT molecular complexity index is 673. The molecule has 22 heavy (non-hydrogen) atoms. The third-order valence-corrected chi connectivity index (χ3v) is 4.49. The molecule has 0 atom stereocenters. The van der Waals surface area contributed by atoms with E-state index in [1.54, 1.807) is 0 Å². The number of carbonyl (C=O) groups excluding carboxylic acids is 1. The van der Waals surface area contributed by atoms with Gasteiger partial charge in [-0.05, 0) is 23.8 Å². The van der Waals surface area contributed by atoms with Crippen LogP contribution >= 0.6 is 24.0 Å². The second-order valence-corrected chi connectivity index (χ2v) is 6.32. The van der Waals surface area contributed by atoms with Gasteiger partial charge in [-0.3, -0.25) is 19.8 Å². The number of unbranched alkanes of at least 4 members (excludes halogenated alkanes) is 1. The number of thiocarbonyl (C=S) groups is 1. The molecule has 0 aliphatic carbocycles. The molecule has 0 saturated carbocycles. The number of nitro groups is 1. The van der Waals surface area contributed by atoms with Crippen molar-refractivity contribution < 1.29 is 14.8 Å². The highest BCUT2D eigenvalue weighted by atomic mass is 32.2. The molecule has 0 N–H and O–H groups in total. The van der Waals surface area contributed by atoms with Crippen LogP contribution in [0.5, 0.6) is 5.75 Å². The van der Waals surface area contributed by atoms with Crippen LogP contribution in [0.2, 0.25) is 0 Å². The summed E-state index contributed by atoms with van der Waals surface area (Å²) in [7, 11) is 0. The quantitative estimate of drug-likeness (QED) is 0.355. The maximum atomic E-state index is 12.3. The molecule has 1 aliphatic rings. The number of para-hydroxylation sites is 1. The number of hydrogen-bond acceptors (Lipinski definition) is 6. The van der Waals surface area contributed by atoms with Crippen molar-refractivity contribution in [2.45, 2.75) is 19.8 Å². The van der Waals surface area contributed by atoms with Gasteiger partial charge in [-0.2, -0.15) is 0 Å². The molecule has 1 amide bonds. The van der Waals surface area contributed by atoms with E-state index in [0.29, 0.717) is 15.8 Å². The second-order valence-electron chi connectivity index (χ2n) is 4.64. The molecule has 1 aromatic carbocycles. The average Bonchev–Trinajstić information content (AvgIpc) is 2.73. The topological polar surface area (TPSA) is 86.5 Å². The molecule has 2 rings (SSSR count). The Morgan fingerprint density at radius 3 is 2.82 bits per heavy atom. The maximum absolute atomic E-state index is 12.3. The SMILES string of the molecule is CCCCN1C(=O)/C(=C/c2cccc([N+](=O)[O-])c2[O-])SC1=S. The zero-order valence-corrected chi connectivity index (χ0v) is 13.4. The number of amides is 1. The minimum Gasteiger partial charge on any atom is -0.867 e. The van der Waals surface area contributed by atoms with Gasteiger partial charge < -0.3 is 5.11 Å². The number of nitrogens with zero attached hydrogens (tertiary/aromatic N) is 2. The van der Waals surface area contributed by atoms with Crippen molar-refractivity contribution in [3.8, 4) is 5.75 Å². The molecule has 0 spiro atoms. The summed E-state index contributed by atoms with van der Waals surface area (Å²) in [5.74, 6) is -0.958. The summed E-state index contributed by atoms with van der Waals surface area (Å²) >= 11 is 6.28. The van der Waals surface area contributed by atoms with E-state index in [2.05, 4.69) is 0 Å². The highest BCUT2D eigenvalue weighted by molar-refractivity contribution is 8.26. The number of rotatable bonds is 5. The van der Waals surface area contributed by atoms with Crippen LogP contribution in [0.1, 0.15) is 25.3 Å². The Balaban J connectivity index is 2.31. The van der Waals surface area contributed by atoms with E-state index in [0.717, 1.165) is 30.7 Å². The third-order valence-electron chi connectivity index (χ3n) is 3.12. The number of hydrogen-bond donors (Lipinski definition) is 0. The van der Waals surface area contributed by atoms with Crippen LogP contribution in [0, 0.1) is 10.1 Å². The predicted octanol–water partition coefficient (Wildman–Crippen LogP) is 2.67. The summed E-state index contributed by atoms with van der Waals surface area (Å²) in [6, 6.07) is 4.02. The summed E-state index contributed by atoms with van der Waals surface area (Å²) in [5, 5.41) is 22.8. The van der Waals surface area contributed by atoms with Crippen LogP contribution < -0.4 is 5.11 Å². The van der Waals surface area contributed by atoms with Gasteiger partial charge in [-0.15, -0.1) is 0 Å². The van der Waals surface area contributed by atoms with Gasteiger partial charge in [0.25, 0.3) is 11.6 Å². The Hall–Kier alpha value is -1.93. The van der Waals surface area contributed by atoms with E-state index in [1.165, 1.54) is 23.1 Å². The molecule has 1 fully saturated rings. The van der Waals surface area contributed by atoms with Crippen molar-refractivity contribution in [1.82, 2.24) is 4.90 Å². The minimum atomic E-state index is -0.730. The summed E-state index contributed by atoms with van der Waals surface area (Å²) in [6.07, 6.45) is 3.15. The van der Waals surface area contributed by atoms with Crippen molar-refractivity contribution >= 4 is 46.0 Å². The van der Waals surface area contributed by atoms with Crippen molar-refractivity contribution in [1.29, 1.82) is 0 Å². The molecule has 0 radical (unpaired) electrons. The smallest absolute Gasteiger partial charge is 0.266 e. The predicted molar refractivity (Wildman–Crippen MR) is 87.3 cm³/mol. The molecular formula is C14H13N2O4S2-. The lowest BCUT2D eigenvalue weighted by atomic mass is 10.1. The molecule has 6 nitrogen and oxygen atoms in total. The molecule has 1 heterocycles. The van der Waals surface area contributed by atoms with Crippen LogP contribution in [0.25, 0.3) is 6.08 Å². The van der Waals surface area contributed by atoms with Crippen molar-refractivity contribution in [3.05, 3.63) is 38.8 Å². The van der Waals surface area contributed by atoms with Gasteiger partial charge in [0.15, 0.2) is 0 Å². The monoisotopic (exact) mass is 337 g/mol. The van der Waals surface area contributed by atoms with Crippen LogP contribution in [0.4, 0.5) is 5.69 Å². The minimum absolute atomic E-state index is 0.116. The fourth-order valence-electron chi connectivity index (χ4n) is 1.95. The maximum Gasteiger partial charge on any atom is 0.266 e. The van der Waals surface area contributed by atoms with Crippen molar-refractivity contribution in [3.63, 3.8) is 0 Å². The van der Waals surface area contributed by atoms with E-state index in [-0.39, 0.29) is 11.5 Å². The van der Waals surface area contributed by atoms with E-state index in [9.17, 15) is 20.0 Å². The highest BCUT2D eigenvalue weighted by Gasteiger charge is 2.31. The highest BCUT2D eigenvalue weighted by Crippen LogP contribution is 2.35. The molecule has 8 heteroatoms. The van der Waals surface area contributed by atoms with Crippen LogP contribution in [-0.2, 0) is 4.79 Å². The number of carbonyl (C=O) groups is 1. The molecule has 0 bridgehead atoms. The summed E-state index contributed by atoms with van der Waals surface area (Å²) in [4.78, 5) is 24.1. The Morgan fingerprint density at radius 1 is 1.45 bits per heavy atom. The summed E-state index contributed by atoms with van der Waals surface area (Å²) < 4.78 is 0.447. The molecule has 0 aromatic heterocycles. The fourth-order valence-corrected chi connectivity index (χ4v) is 3.25. The normalized spacial score (nSPS) is 16.6. The third kappa shape index (κ3) is 3.28. The first-order chi connectivity index (χ1) is 10.5. The number of benzene rings is 1. The molecule has 1 saturated heterocycles. The standard InChI is InChI=1S/C14H14N2O4S2/c1-2-3-7-15-13(18)11(22-14(15)21)8-9-5-4-6-10(12(9)17)16(19)20/h4-6,8,17H,2-3,7H2,1H3/p-1/b11-8-. The van der Waals surface area contributed by atoms with Crippen LogP contribution in [0.3, 0.4) is 0 Å². The lowest BCUT2D eigenvalue weighted by molar-refractivity contribution is -0.398. The Morgan fingerprint density at radius 2 is 2.18 bits per heavy atom. The van der Waals surface area contributed by atoms with Crippen LogP contribution in [0.15, 0.2) is 23.1 Å². The van der Waals surface area contributed by atoms with Gasteiger partial charge >= 0.3 is 0 Å².